The van der Waals surface area contributed by atoms with Crippen LogP contribution in [0.2, 0.25) is 0 Å². The van der Waals surface area contributed by atoms with E-state index in [-0.39, 0.29) is 35.2 Å². The molecular formula is C30H40FN5O5. The normalized spacial score (nSPS) is 13.6. The lowest BCUT2D eigenvalue weighted by Gasteiger charge is -2.18. The van der Waals surface area contributed by atoms with Crippen LogP contribution in [0.15, 0.2) is 18.2 Å². The lowest BCUT2D eigenvalue weighted by atomic mass is 10.0. The number of rotatable bonds is 13. The number of amides is 4. The van der Waals surface area contributed by atoms with Gasteiger partial charge in [-0.1, -0.05) is 20.8 Å². The number of aromatic amines is 1. The van der Waals surface area contributed by atoms with E-state index in [4.69, 9.17) is 4.74 Å². The van der Waals surface area contributed by atoms with Crippen LogP contribution in [-0.4, -0.2) is 73.0 Å². The Bertz CT molecular complexity index is 1310. The number of halogens is 1. The van der Waals surface area contributed by atoms with Gasteiger partial charge in [0, 0.05) is 43.0 Å². The molecular weight excluding hydrogens is 529 g/mol. The average Bonchev–Trinajstić information content (AvgIpc) is 3.37. The molecule has 11 heteroatoms. The first kappa shape index (κ1) is 31.5. The quantitative estimate of drug-likeness (QED) is 0.246. The van der Waals surface area contributed by atoms with Gasteiger partial charge in [-0.3, -0.25) is 14.4 Å². The molecule has 1 aromatic heterocycles. The molecule has 0 atom stereocenters. The number of nitrogens with one attached hydrogen (secondary N) is 3. The van der Waals surface area contributed by atoms with Crippen LogP contribution in [0.3, 0.4) is 0 Å². The Morgan fingerprint density at radius 1 is 1.10 bits per heavy atom. The van der Waals surface area contributed by atoms with E-state index in [9.17, 15) is 23.6 Å². The van der Waals surface area contributed by atoms with Gasteiger partial charge in [-0.2, -0.15) is 0 Å². The highest BCUT2D eigenvalue weighted by molar-refractivity contribution is 6.41. The van der Waals surface area contributed by atoms with Gasteiger partial charge in [-0.15, -0.1) is 0 Å². The number of aromatic nitrogens is 1. The van der Waals surface area contributed by atoms with Crippen LogP contribution in [0.25, 0.3) is 11.6 Å². The fraction of sp³-hybridized carbons (Fsp3) is 0.467. The molecule has 10 nitrogen and oxygen atoms in total. The van der Waals surface area contributed by atoms with Crippen molar-refractivity contribution in [3.05, 3.63) is 52.1 Å². The molecule has 1 aromatic carbocycles. The Hall–Kier alpha value is -3.99. The fourth-order valence-electron chi connectivity index (χ4n) is 4.78. The van der Waals surface area contributed by atoms with Crippen molar-refractivity contribution in [1.82, 2.24) is 20.5 Å². The second-order valence-corrected chi connectivity index (χ2v) is 9.87. The molecule has 2 heterocycles. The smallest absolute Gasteiger partial charge is 0.421 e. The number of hydrogen-bond donors (Lipinski definition) is 3. The van der Waals surface area contributed by atoms with Crippen molar-refractivity contribution in [2.45, 2.75) is 53.9 Å². The Morgan fingerprint density at radius 3 is 2.51 bits per heavy atom. The van der Waals surface area contributed by atoms with E-state index >= 15 is 0 Å². The number of carbonyl (C=O) groups excluding carboxylic acids is 4. The summed E-state index contributed by atoms with van der Waals surface area (Å²) in [6, 6.07) is 3.72. The molecule has 0 radical (unpaired) electrons. The van der Waals surface area contributed by atoms with Crippen molar-refractivity contribution in [2.24, 2.45) is 0 Å². The number of nitrogens with zero attached hydrogens (tertiary/aromatic N) is 2. The van der Waals surface area contributed by atoms with Gasteiger partial charge in [-0.05, 0) is 69.6 Å². The van der Waals surface area contributed by atoms with E-state index in [0.717, 1.165) is 31.0 Å². The maximum atomic E-state index is 14.2. The fourth-order valence-corrected chi connectivity index (χ4v) is 4.78. The molecule has 41 heavy (non-hydrogen) atoms. The van der Waals surface area contributed by atoms with E-state index in [0.29, 0.717) is 48.4 Å². The molecule has 1 aliphatic heterocycles. The Morgan fingerprint density at radius 2 is 1.83 bits per heavy atom. The van der Waals surface area contributed by atoms with Crippen LogP contribution in [-0.2, 0) is 14.3 Å². The zero-order chi connectivity index (χ0) is 30.1. The summed E-state index contributed by atoms with van der Waals surface area (Å²) in [6.07, 6.45) is 2.18. The predicted molar refractivity (Wildman–Crippen MR) is 156 cm³/mol. The number of ether oxygens (including phenoxy) is 1. The van der Waals surface area contributed by atoms with E-state index in [1.54, 1.807) is 13.8 Å². The molecule has 1 aliphatic rings. The summed E-state index contributed by atoms with van der Waals surface area (Å²) < 4.78 is 19.5. The van der Waals surface area contributed by atoms with E-state index in [1.807, 2.05) is 6.92 Å². The minimum absolute atomic E-state index is 0.00767. The van der Waals surface area contributed by atoms with Crippen LogP contribution in [0.5, 0.6) is 0 Å². The van der Waals surface area contributed by atoms with Crippen LogP contribution < -0.4 is 15.5 Å². The van der Waals surface area contributed by atoms with E-state index < -0.39 is 17.8 Å². The summed E-state index contributed by atoms with van der Waals surface area (Å²) in [5.74, 6) is -1.53. The Kier molecular flexibility index (Phi) is 11.2. The van der Waals surface area contributed by atoms with Gasteiger partial charge in [0.05, 0.1) is 23.4 Å². The first-order chi connectivity index (χ1) is 19.6. The molecule has 0 aliphatic carbocycles. The van der Waals surface area contributed by atoms with E-state index in [1.165, 1.54) is 24.3 Å². The zero-order valence-corrected chi connectivity index (χ0v) is 24.5. The van der Waals surface area contributed by atoms with Gasteiger partial charge in [0.2, 0.25) is 5.91 Å². The summed E-state index contributed by atoms with van der Waals surface area (Å²) in [4.78, 5) is 57.2. The third-order valence-corrected chi connectivity index (χ3v) is 7.05. The summed E-state index contributed by atoms with van der Waals surface area (Å²) >= 11 is 0. The third-order valence-electron chi connectivity index (χ3n) is 7.05. The van der Waals surface area contributed by atoms with Crippen molar-refractivity contribution >= 4 is 41.2 Å². The highest BCUT2D eigenvalue weighted by atomic mass is 19.1. The molecule has 3 N–H and O–H groups in total. The van der Waals surface area contributed by atoms with Gasteiger partial charge >= 0.3 is 6.09 Å². The van der Waals surface area contributed by atoms with Gasteiger partial charge in [-0.25, -0.2) is 14.1 Å². The van der Waals surface area contributed by atoms with E-state index in [2.05, 4.69) is 34.4 Å². The molecule has 4 amide bonds. The van der Waals surface area contributed by atoms with Gasteiger partial charge < -0.3 is 25.3 Å². The molecule has 0 bridgehead atoms. The largest absolute Gasteiger partial charge is 0.449 e. The number of anilines is 1. The maximum absolute atomic E-state index is 14.2. The number of likely N-dealkylation sites (N-methyl/N-ethyl adjacent to an activating group) is 1. The summed E-state index contributed by atoms with van der Waals surface area (Å²) in [6.45, 7) is 12.9. The lowest BCUT2D eigenvalue weighted by Crippen LogP contribution is -2.35. The highest BCUT2D eigenvalue weighted by Crippen LogP contribution is 2.39. The van der Waals surface area contributed by atoms with Crippen LogP contribution in [0.4, 0.5) is 14.9 Å². The molecule has 0 unspecified atom stereocenters. The summed E-state index contributed by atoms with van der Waals surface area (Å²) in [5.41, 5.74) is 2.79. The number of fused-ring (bicyclic) bond motifs is 1. The molecule has 0 saturated carbocycles. The van der Waals surface area contributed by atoms with Crippen molar-refractivity contribution in [3.8, 4) is 0 Å². The minimum atomic E-state index is -0.890. The monoisotopic (exact) mass is 569 g/mol. The predicted octanol–water partition coefficient (Wildman–Crippen LogP) is 4.17. The van der Waals surface area contributed by atoms with Gasteiger partial charge in [0.1, 0.15) is 5.82 Å². The van der Waals surface area contributed by atoms with Crippen molar-refractivity contribution < 1.29 is 28.3 Å². The zero-order valence-electron chi connectivity index (χ0n) is 24.5. The van der Waals surface area contributed by atoms with Crippen LogP contribution in [0, 0.1) is 19.7 Å². The SMILES string of the molecule is CCCC(=O)NCCCOC(=O)N1C(=O)/C(=C\c2[nH]c(C)c(C(=O)NCCN(CC)CC)c2C)c2cc(F)ccc21. The van der Waals surface area contributed by atoms with Gasteiger partial charge in [0.25, 0.3) is 11.8 Å². The second kappa shape index (κ2) is 14.6. The third kappa shape index (κ3) is 7.60. The Labute approximate surface area is 240 Å². The molecule has 2 aromatic rings. The summed E-state index contributed by atoms with van der Waals surface area (Å²) in [7, 11) is 0. The first-order valence-corrected chi connectivity index (χ1v) is 14.1. The number of hydrogen-bond acceptors (Lipinski definition) is 6. The number of benzene rings is 1. The molecule has 222 valence electrons. The summed E-state index contributed by atoms with van der Waals surface area (Å²) in [5, 5.41) is 5.69. The van der Waals surface area contributed by atoms with Crippen LogP contribution >= 0.6 is 0 Å². The number of H-pyrrole nitrogens is 1. The second-order valence-electron chi connectivity index (χ2n) is 9.87. The van der Waals surface area contributed by atoms with Gasteiger partial charge in [0.15, 0.2) is 0 Å². The number of carbonyl (C=O) groups is 4. The average molecular weight is 570 g/mol. The van der Waals surface area contributed by atoms with Crippen molar-refractivity contribution in [1.29, 1.82) is 0 Å². The van der Waals surface area contributed by atoms with Crippen LogP contribution in [0.1, 0.15) is 72.9 Å². The number of imide groups is 1. The maximum Gasteiger partial charge on any atom is 0.421 e. The molecule has 0 fully saturated rings. The Balaban J connectivity index is 1.78. The molecule has 0 spiro atoms. The standard InChI is InChI=1S/C30H40FN5O5/c1-6-10-26(37)32-13-9-16-41-30(40)36-25-12-11-21(31)17-22(25)23(29(36)39)18-24-19(4)27(20(5)34-24)28(38)33-14-15-35(7-2)8-3/h11-12,17-18,34H,6-10,13-16H2,1-5H3,(H,32,37)(H,33,38)/b23-18-. The minimum Gasteiger partial charge on any atom is -0.449 e. The number of aryl methyl sites for hydroxylation is 1. The topological polar surface area (TPSA) is 124 Å². The molecule has 3 rings (SSSR count). The highest BCUT2D eigenvalue weighted by Gasteiger charge is 2.38. The molecule has 0 saturated heterocycles. The lowest BCUT2D eigenvalue weighted by molar-refractivity contribution is -0.121. The first-order valence-electron chi connectivity index (χ1n) is 14.1. The van der Waals surface area contributed by atoms with Crippen molar-refractivity contribution in [2.75, 3.05) is 44.2 Å². The van der Waals surface area contributed by atoms with Crippen molar-refractivity contribution in [3.63, 3.8) is 0 Å².